The lowest BCUT2D eigenvalue weighted by Gasteiger charge is -2.28. The van der Waals surface area contributed by atoms with Gasteiger partial charge in [-0.15, -0.1) is 0 Å². The number of halogens is 3. The third-order valence-corrected chi connectivity index (χ3v) is 4.91. The maximum Gasteiger partial charge on any atom is 0.201 e. The second-order valence-corrected chi connectivity index (χ2v) is 8.35. The molecule has 148 valence electrons. The van der Waals surface area contributed by atoms with E-state index >= 15 is 0 Å². The number of hydrogen-bond acceptors (Lipinski definition) is 6. The minimum atomic E-state index is -1.90. The lowest BCUT2D eigenvalue weighted by Crippen LogP contribution is -2.20. The van der Waals surface area contributed by atoms with Crippen LogP contribution in [0.25, 0.3) is 0 Å². The smallest absolute Gasteiger partial charge is 0.201 e. The number of phenols is 2. The Morgan fingerprint density at radius 1 is 0.630 bits per heavy atom. The predicted molar refractivity (Wildman–Crippen MR) is 102 cm³/mol. The fourth-order valence-electron chi connectivity index (χ4n) is 2.96. The Labute approximate surface area is 170 Å². The first kappa shape index (κ1) is 22.0. The molecule has 0 aliphatic rings. The first-order valence-electron chi connectivity index (χ1n) is 7.87. The SMILES string of the molecule is OCc1cc(C(c2cc(CO)c(O)c(CO)c2)C(Cl)(Cl)Cl)cc(CO)c1O. The molecule has 2 rings (SSSR count). The van der Waals surface area contributed by atoms with Crippen molar-refractivity contribution >= 4 is 34.8 Å². The highest BCUT2D eigenvalue weighted by Gasteiger charge is 2.37. The van der Waals surface area contributed by atoms with Crippen LogP contribution in [0.3, 0.4) is 0 Å². The standard InChI is InChI=1S/C18H19Cl3O6/c19-18(20,21)15(9-1-11(5-22)16(26)12(2-9)6-23)10-3-13(7-24)17(27)14(4-10)8-25/h1-4,15,22-27H,5-8H2. The van der Waals surface area contributed by atoms with Crippen LogP contribution in [0.15, 0.2) is 24.3 Å². The van der Waals surface area contributed by atoms with E-state index in [-0.39, 0.29) is 33.8 Å². The van der Waals surface area contributed by atoms with E-state index in [0.717, 1.165) is 0 Å². The van der Waals surface area contributed by atoms with Gasteiger partial charge in [-0.1, -0.05) is 34.8 Å². The summed E-state index contributed by atoms with van der Waals surface area (Å²) >= 11 is 18.6. The molecule has 6 N–H and O–H groups in total. The third kappa shape index (κ3) is 4.60. The molecule has 0 unspecified atom stereocenters. The van der Waals surface area contributed by atoms with E-state index in [1.807, 2.05) is 0 Å². The zero-order valence-electron chi connectivity index (χ0n) is 14.0. The molecule has 2 aromatic rings. The van der Waals surface area contributed by atoms with E-state index in [0.29, 0.717) is 11.1 Å². The maximum atomic E-state index is 10.1. The number of hydrogen-bond donors (Lipinski definition) is 6. The van der Waals surface area contributed by atoms with Gasteiger partial charge in [-0.05, 0) is 35.4 Å². The van der Waals surface area contributed by atoms with E-state index in [1.165, 1.54) is 24.3 Å². The molecule has 2 aromatic carbocycles. The van der Waals surface area contributed by atoms with Crippen molar-refractivity contribution in [1.82, 2.24) is 0 Å². The van der Waals surface area contributed by atoms with E-state index in [1.54, 1.807) is 0 Å². The van der Waals surface area contributed by atoms with E-state index in [9.17, 15) is 30.6 Å². The minimum Gasteiger partial charge on any atom is -0.507 e. The topological polar surface area (TPSA) is 121 Å². The Morgan fingerprint density at radius 2 is 0.889 bits per heavy atom. The van der Waals surface area contributed by atoms with Crippen molar-refractivity contribution < 1.29 is 30.6 Å². The molecular weight excluding hydrogens is 419 g/mol. The van der Waals surface area contributed by atoms with Crippen molar-refractivity contribution in [2.24, 2.45) is 0 Å². The van der Waals surface area contributed by atoms with Gasteiger partial charge >= 0.3 is 0 Å². The summed E-state index contributed by atoms with van der Waals surface area (Å²) in [6.07, 6.45) is 0. The Morgan fingerprint density at radius 3 is 1.07 bits per heavy atom. The number of aromatic hydroxyl groups is 2. The van der Waals surface area contributed by atoms with Gasteiger partial charge in [-0.25, -0.2) is 0 Å². The molecule has 0 fully saturated rings. The third-order valence-electron chi connectivity index (χ3n) is 4.26. The average Bonchev–Trinajstić information content (AvgIpc) is 2.62. The van der Waals surface area contributed by atoms with E-state index in [2.05, 4.69) is 0 Å². The molecule has 9 heteroatoms. The van der Waals surface area contributed by atoms with Crippen molar-refractivity contribution in [3.8, 4) is 11.5 Å². The van der Waals surface area contributed by atoms with Gasteiger partial charge in [-0.3, -0.25) is 0 Å². The van der Waals surface area contributed by atoms with Crippen molar-refractivity contribution in [2.75, 3.05) is 0 Å². The lowest BCUT2D eigenvalue weighted by molar-refractivity contribution is 0.263. The van der Waals surface area contributed by atoms with Crippen LogP contribution in [-0.2, 0) is 26.4 Å². The van der Waals surface area contributed by atoms with Gasteiger partial charge in [0.25, 0.3) is 0 Å². The van der Waals surface area contributed by atoms with Gasteiger partial charge in [0.05, 0.1) is 32.3 Å². The highest BCUT2D eigenvalue weighted by molar-refractivity contribution is 6.68. The Balaban J connectivity index is 2.76. The van der Waals surface area contributed by atoms with Crippen molar-refractivity contribution in [1.29, 1.82) is 0 Å². The number of rotatable bonds is 6. The Bertz CT molecular complexity index is 708. The van der Waals surface area contributed by atoms with Gasteiger partial charge in [0.1, 0.15) is 11.5 Å². The first-order valence-corrected chi connectivity index (χ1v) is 9.00. The zero-order chi connectivity index (χ0) is 20.4. The van der Waals surface area contributed by atoms with Crippen LogP contribution < -0.4 is 0 Å². The van der Waals surface area contributed by atoms with Gasteiger partial charge in [-0.2, -0.15) is 0 Å². The number of aliphatic hydroxyl groups is 4. The molecule has 0 saturated carbocycles. The first-order chi connectivity index (χ1) is 12.7. The molecule has 0 bridgehead atoms. The summed E-state index contributed by atoms with van der Waals surface area (Å²) in [6, 6.07) is 5.74. The molecule has 0 atom stereocenters. The summed E-state index contributed by atoms with van der Waals surface area (Å²) in [5, 5.41) is 58.0. The molecular formula is C18H19Cl3O6. The predicted octanol–water partition coefficient (Wildman–Crippen LogP) is 2.57. The van der Waals surface area contributed by atoms with Crippen molar-refractivity contribution in [3.63, 3.8) is 0 Å². The number of aliphatic hydroxyl groups excluding tert-OH is 4. The van der Waals surface area contributed by atoms with Crippen LogP contribution in [0.2, 0.25) is 0 Å². The van der Waals surface area contributed by atoms with Gasteiger partial charge in [0.15, 0.2) is 0 Å². The summed E-state index contributed by atoms with van der Waals surface area (Å²) in [4.78, 5) is 0. The summed E-state index contributed by atoms with van der Waals surface area (Å²) < 4.78 is -1.90. The molecule has 0 aromatic heterocycles. The number of benzene rings is 2. The molecule has 27 heavy (non-hydrogen) atoms. The van der Waals surface area contributed by atoms with Crippen LogP contribution >= 0.6 is 34.8 Å². The summed E-state index contributed by atoms with van der Waals surface area (Å²) in [5.74, 6) is -1.47. The molecule has 0 saturated heterocycles. The molecule has 0 spiro atoms. The summed E-state index contributed by atoms with van der Waals surface area (Å²) in [5.41, 5.74) is 1.30. The van der Waals surface area contributed by atoms with E-state index in [4.69, 9.17) is 34.8 Å². The molecule has 0 radical (unpaired) electrons. The molecule has 0 aliphatic carbocycles. The molecule has 0 amide bonds. The van der Waals surface area contributed by atoms with Crippen LogP contribution in [0.4, 0.5) is 0 Å². The summed E-state index contributed by atoms with van der Waals surface area (Å²) in [6.45, 7) is -2.01. The highest BCUT2D eigenvalue weighted by Crippen LogP contribution is 2.48. The summed E-state index contributed by atoms with van der Waals surface area (Å²) in [7, 11) is 0. The quantitative estimate of drug-likeness (QED) is 0.386. The fraction of sp³-hybridized carbons (Fsp3) is 0.333. The minimum absolute atomic E-state index is 0.138. The van der Waals surface area contributed by atoms with Crippen molar-refractivity contribution in [3.05, 3.63) is 57.6 Å². The largest absolute Gasteiger partial charge is 0.507 e. The van der Waals surface area contributed by atoms with Crippen LogP contribution in [0.5, 0.6) is 11.5 Å². The number of alkyl halides is 3. The van der Waals surface area contributed by atoms with Crippen LogP contribution in [0.1, 0.15) is 39.3 Å². The molecule has 6 nitrogen and oxygen atoms in total. The second kappa shape index (κ2) is 8.84. The Hall–Kier alpha value is -1.25. The van der Waals surface area contributed by atoms with Gasteiger partial charge in [0.2, 0.25) is 3.79 Å². The van der Waals surface area contributed by atoms with Gasteiger partial charge < -0.3 is 30.6 Å². The van der Waals surface area contributed by atoms with E-state index < -0.39 is 36.1 Å². The molecule has 0 heterocycles. The normalized spacial score (nSPS) is 12.0. The fourth-order valence-corrected chi connectivity index (χ4v) is 3.72. The van der Waals surface area contributed by atoms with Crippen LogP contribution in [-0.4, -0.2) is 34.4 Å². The Kier molecular flexibility index (Phi) is 7.21. The maximum absolute atomic E-state index is 10.1. The second-order valence-electron chi connectivity index (χ2n) is 5.98. The van der Waals surface area contributed by atoms with Gasteiger partial charge in [0, 0.05) is 22.3 Å². The monoisotopic (exact) mass is 436 g/mol. The zero-order valence-corrected chi connectivity index (χ0v) is 16.3. The van der Waals surface area contributed by atoms with Crippen LogP contribution in [0, 0.1) is 0 Å². The lowest BCUT2D eigenvalue weighted by atomic mass is 9.87. The molecule has 0 aliphatic heterocycles. The average molecular weight is 438 g/mol. The highest BCUT2D eigenvalue weighted by atomic mass is 35.6. The van der Waals surface area contributed by atoms with Crippen molar-refractivity contribution in [2.45, 2.75) is 36.1 Å².